The van der Waals surface area contributed by atoms with Gasteiger partial charge in [0.05, 0.1) is 0 Å². The van der Waals surface area contributed by atoms with Crippen LogP contribution >= 0.6 is 0 Å². The van der Waals surface area contributed by atoms with Gasteiger partial charge < -0.3 is 5.32 Å². The Morgan fingerprint density at radius 1 is 1.05 bits per heavy atom. The van der Waals surface area contributed by atoms with E-state index in [2.05, 4.69) is 33.0 Å². The summed E-state index contributed by atoms with van der Waals surface area (Å²) in [5, 5.41) is 3.68. The number of unbranched alkanes of at least 4 members (excludes halogenated alkanes) is 1. The highest BCUT2D eigenvalue weighted by Crippen LogP contribution is 2.36. The molecule has 1 heteroatoms. The Balaban J connectivity index is 2.41. The summed E-state index contributed by atoms with van der Waals surface area (Å²) in [6.45, 7) is 10.5. The molecule has 0 radical (unpaired) electrons. The van der Waals surface area contributed by atoms with Crippen molar-refractivity contribution in [2.24, 2.45) is 17.8 Å². The molecule has 0 amide bonds. The van der Waals surface area contributed by atoms with E-state index in [-0.39, 0.29) is 0 Å². The Labute approximate surface area is 121 Å². The van der Waals surface area contributed by atoms with Crippen LogP contribution in [-0.4, -0.2) is 12.6 Å². The Kier molecular flexibility index (Phi) is 8.77. The van der Waals surface area contributed by atoms with Gasteiger partial charge in [-0.15, -0.1) is 0 Å². The Hall–Kier alpha value is -0.0400. The summed E-state index contributed by atoms with van der Waals surface area (Å²) >= 11 is 0. The van der Waals surface area contributed by atoms with E-state index in [1.54, 1.807) is 0 Å². The molecule has 0 aromatic heterocycles. The third-order valence-corrected chi connectivity index (χ3v) is 5.03. The summed E-state index contributed by atoms with van der Waals surface area (Å²) < 4.78 is 0. The predicted molar refractivity (Wildman–Crippen MR) is 86.5 cm³/mol. The van der Waals surface area contributed by atoms with Crippen molar-refractivity contribution >= 4 is 0 Å². The van der Waals surface area contributed by atoms with E-state index >= 15 is 0 Å². The third kappa shape index (κ3) is 6.79. The average molecular weight is 268 g/mol. The van der Waals surface area contributed by atoms with Crippen LogP contribution in [0.15, 0.2) is 0 Å². The fourth-order valence-electron chi connectivity index (χ4n) is 3.66. The van der Waals surface area contributed by atoms with Crippen LogP contribution in [0.2, 0.25) is 0 Å². The molecule has 19 heavy (non-hydrogen) atoms. The van der Waals surface area contributed by atoms with Crippen molar-refractivity contribution in [2.75, 3.05) is 6.54 Å². The van der Waals surface area contributed by atoms with Gasteiger partial charge in [0.2, 0.25) is 0 Å². The molecule has 1 fully saturated rings. The van der Waals surface area contributed by atoms with E-state index in [1.807, 2.05) is 0 Å². The summed E-state index contributed by atoms with van der Waals surface area (Å²) in [6.07, 6.45) is 13.1. The highest BCUT2D eigenvalue weighted by molar-refractivity contribution is 4.79. The van der Waals surface area contributed by atoms with E-state index in [9.17, 15) is 0 Å². The van der Waals surface area contributed by atoms with Gasteiger partial charge in [-0.25, -0.2) is 0 Å². The minimum atomic E-state index is 0.643. The van der Waals surface area contributed by atoms with Crippen molar-refractivity contribution in [2.45, 2.75) is 91.5 Å². The van der Waals surface area contributed by atoms with Gasteiger partial charge in [0.15, 0.2) is 0 Å². The first-order valence-electron chi connectivity index (χ1n) is 8.90. The molecule has 0 spiro atoms. The van der Waals surface area contributed by atoms with Crippen molar-refractivity contribution in [3.05, 3.63) is 0 Å². The van der Waals surface area contributed by atoms with Crippen LogP contribution in [0.5, 0.6) is 0 Å². The maximum Gasteiger partial charge on any atom is 0.00104 e. The summed E-state index contributed by atoms with van der Waals surface area (Å²) in [5.74, 6) is 2.94. The van der Waals surface area contributed by atoms with Crippen LogP contribution in [0.25, 0.3) is 0 Å². The first kappa shape index (κ1) is 17.0. The lowest BCUT2D eigenvalue weighted by molar-refractivity contribution is 0.182. The van der Waals surface area contributed by atoms with Gasteiger partial charge in [-0.2, -0.15) is 0 Å². The second-order valence-corrected chi connectivity index (χ2v) is 7.02. The minimum Gasteiger partial charge on any atom is -0.314 e. The Morgan fingerprint density at radius 2 is 1.74 bits per heavy atom. The summed E-state index contributed by atoms with van der Waals surface area (Å²) in [4.78, 5) is 0. The van der Waals surface area contributed by atoms with Gasteiger partial charge in [0.1, 0.15) is 0 Å². The van der Waals surface area contributed by atoms with Crippen molar-refractivity contribution in [3.8, 4) is 0 Å². The third-order valence-electron chi connectivity index (χ3n) is 5.03. The molecular formula is C18H37N. The number of hydrogen-bond donors (Lipinski definition) is 1. The van der Waals surface area contributed by atoms with Gasteiger partial charge in [-0.1, -0.05) is 72.6 Å². The standard InChI is InChI=1S/C18H37N/c1-5-7-10-16(6-2)13-17-11-8-9-12-18(17)14-19-15(3)4/h15-19H,5-14H2,1-4H3. The maximum absolute atomic E-state index is 3.68. The Morgan fingerprint density at radius 3 is 2.32 bits per heavy atom. The van der Waals surface area contributed by atoms with Crippen LogP contribution in [0.1, 0.15) is 85.5 Å². The lowest BCUT2D eigenvalue weighted by Crippen LogP contribution is -2.34. The molecule has 0 heterocycles. The van der Waals surface area contributed by atoms with Crippen molar-refractivity contribution in [3.63, 3.8) is 0 Å². The fraction of sp³-hybridized carbons (Fsp3) is 1.00. The van der Waals surface area contributed by atoms with E-state index < -0.39 is 0 Å². The van der Waals surface area contributed by atoms with Gasteiger partial charge in [-0.3, -0.25) is 0 Å². The molecular weight excluding hydrogens is 230 g/mol. The molecule has 1 rings (SSSR count). The van der Waals surface area contributed by atoms with Crippen molar-refractivity contribution in [1.29, 1.82) is 0 Å². The number of rotatable bonds is 9. The lowest BCUT2D eigenvalue weighted by Gasteiger charge is -2.34. The molecule has 114 valence electrons. The van der Waals surface area contributed by atoms with E-state index in [4.69, 9.17) is 0 Å². The lowest BCUT2D eigenvalue weighted by atomic mass is 9.73. The molecule has 1 N–H and O–H groups in total. The molecule has 0 saturated heterocycles. The molecule has 0 aromatic carbocycles. The smallest absolute Gasteiger partial charge is 0.00104 e. The second-order valence-electron chi connectivity index (χ2n) is 7.02. The minimum absolute atomic E-state index is 0.643. The van der Waals surface area contributed by atoms with Crippen LogP contribution in [0.4, 0.5) is 0 Å². The molecule has 0 aromatic rings. The summed E-state index contributed by atoms with van der Waals surface area (Å²) in [5.41, 5.74) is 0. The predicted octanol–water partition coefficient (Wildman–Crippen LogP) is 5.40. The topological polar surface area (TPSA) is 12.0 Å². The fourth-order valence-corrected chi connectivity index (χ4v) is 3.66. The largest absolute Gasteiger partial charge is 0.314 e. The molecule has 1 saturated carbocycles. The van der Waals surface area contributed by atoms with Gasteiger partial charge >= 0.3 is 0 Å². The van der Waals surface area contributed by atoms with Gasteiger partial charge in [0.25, 0.3) is 0 Å². The zero-order chi connectivity index (χ0) is 14.1. The zero-order valence-corrected chi connectivity index (χ0v) is 13.9. The van der Waals surface area contributed by atoms with E-state index in [0.29, 0.717) is 6.04 Å². The first-order chi connectivity index (χ1) is 9.17. The molecule has 0 bridgehead atoms. The van der Waals surface area contributed by atoms with Crippen LogP contribution in [0.3, 0.4) is 0 Å². The number of nitrogens with one attached hydrogen (secondary N) is 1. The second kappa shape index (κ2) is 9.80. The van der Waals surface area contributed by atoms with Gasteiger partial charge in [-0.05, 0) is 37.1 Å². The normalized spacial score (nSPS) is 25.7. The molecule has 3 atom stereocenters. The molecule has 0 aliphatic heterocycles. The monoisotopic (exact) mass is 267 g/mol. The van der Waals surface area contributed by atoms with Crippen LogP contribution < -0.4 is 5.32 Å². The molecule has 1 aliphatic carbocycles. The molecule has 3 unspecified atom stereocenters. The molecule has 1 nitrogen and oxygen atoms in total. The van der Waals surface area contributed by atoms with Gasteiger partial charge in [0, 0.05) is 6.04 Å². The zero-order valence-electron chi connectivity index (χ0n) is 13.9. The number of hydrogen-bond acceptors (Lipinski definition) is 1. The van der Waals surface area contributed by atoms with E-state index in [1.165, 1.54) is 64.3 Å². The van der Waals surface area contributed by atoms with Crippen molar-refractivity contribution < 1.29 is 0 Å². The summed E-state index contributed by atoms with van der Waals surface area (Å²) in [6, 6.07) is 0.643. The van der Waals surface area contributed by atoms with Crippen LogP contribution in [-0.2, 0) is 0 Å². The maximum atomic E-state index is 3.68. The van der Waals surface area contributed by atoms with Crippen molar-refractivity contribution in [1.82, 2.24) is 5.32 Å². The van der Waals surface area contributed by atoms with Crippen LogP contribution in [0, 0.1) is 17.8 Å². The SMILES string of the molecule is CCCCC(CC)CC1CCCCC1CNC(C)C. The van der Waals surface area contributed by atoms with E-state index in [0.717, 1.165) is 17.8 Å². The Bertz CT molecular complexity index is 212. The highest BCUT2D eigenvalue weighted by atomic mass is 14.9. The quantitative estimate of drug-likeness (QED) is 0.590. The first-order valence-corrected chi connectivity index (χ1v) is 8.90. The summed E-state index contributed by atoms with van der Waals surface area (Å²) in [7, 11) is 0. The average Bonchev–Trinajstić information content (AvgIpc) is 2.42. The molecule has 1 aliphatic rings. The highest BCUT2D eigenvalue weighted by Gasteiger charge is 2.26.